The highest BCUT2D eigenvalue weighted by Crippen LogP contribution is 2.25. The molecule has 0 amide bonds. The van der Waals surface area contributed by atoms with Crippen LogP contribution in [0.4, 0.5) is 0 Å². The topological polar surface area (TPSA) is 88.7 Å². The number of hydrogen-bond donors (Lipinski definition) is 0. The second-order valence-corrected chi connectivity index (χ2v) is 5.03. The van der Waals surface area contributed by atoms with E-state index in [1.54, 1.807) is 31.2 Å². The van der Waals surface area contributed by atoms with Gasteiger partial charge in [0.25, 0.3) is 5.89 Å². The summed E-state index contributed by atoms with van der Waals surface area (Å²) in [5.41, 5.74) is 3.63. The minimum Gasteiger partial charge on any atom is -0.441 e. The fourth-order valence-corrected chi connectivity index (χ4v) is 2.33. The molecule has 0 saturated heterocycles. The largest absolute Gasteiger partial charge is 0.441 e. The van der Waals surface area contributed by atoms with E-state index in [4.69, 9.17) is 14.2 Å². The van der Waals surface area contributed by atoms with Crippen LogP contribution in [0.1, 0.15) is 11.5 Å². The molecule has 0 aliphatic rings. The van der Waals surface area contributed by atoms with Crippen molar-refractivity contribution in [2.75, 3.05) is 0 Å². The lowest BCUT2D eigenvalue weighted by Gasteiger charge is -1.94. The second kappa shape index (κ2) is 5.07. The number of nitriles is 1. The third kappa shape index (κ3) is 2.34. The molecule has 4 rings (SSSR count). The van der Waals surface area contributed by atoms with Gasteiger partial charge in [0.2, 0.25) is 5.82 Å². The Kier molecular flexibility index (Phi) is 2.91. The number of oxazole rings is 1. The molecule has 0 radical (unpaired) electrons. The van der Waals surface area contributed by atoms with Gasteiger partial charge in [-0.1, -0.05) is 5.16 Å². The maximum Gasteiger partial charge on any atom is 0.258 e. The van der Waals surface area contributed by atoms with Gasteiger partial charge in [0, 0.05) is 18.1 Å². The van der Waals surface area contributed by atoms with Gasteiger partial charge in [-0.05, 0) is 42.5 Å². The SMILES string of the molecule is Cc1nc2cc(-c3noc(-c4ccc(C#N)cc4)n3)ccc2o1. The quantitative estimate of drug-likeness (QED) is 0.560. The molecular weight excluding hydrogens is 292 g/mol. The lowest BCUT2D eigenvalue weighted by molar-refractivity contribution is 0.432. The zero-order chi connectivity index (χ0) is 15.8. The standard InChI is InChI=1S/C17H10N4O2/c1-10-19-14-8-13(6-7-15(14)22-10)16-20-17(23-21-16)12-4-2-11(9-18)3-5-12/h2-8H,1H3. The van der Waals surface area contributed by atoms with Crippen LogP contribution >= 0.6 is 0 Å². The van der Waals surface area contributed by atoms with Crippen molar-refractivity contribution in [1.29, 1.82) is 5.26 Å². The summed E-state index contributed by atoms with van der Waals surface area (Å²) in [5.74, 6) is 1.50. The van der Waals surface area contributed by atoms with E-state index in [1.165, 1.54) is 0 Å². The molecule has 0 atom stereocenters. The van der Waals surface area contributed by atoms with Gasteiger partial charge < -0.3 is 8.94 Å². The van der Waals surface area contributed by atoms with Gasteiger partial charge in [-0.3, -0.25) is 0 Å². The van der Waals surface area contributed by atoms with Crippen LogP contribution in [0, 0.1) is 18.3 Å². The molecule has 23 heavy (non-hydrogen) atoms. The van der Waals surface area contributed by atoms with Crippen LogP contribution in [0.15, 0.2) is 51.4 Å². The van der Waals surface area contributed by atoms with Crippen LogP contribution in [-0.4, -0.2) is 15.1 Å². The summed E-state index contributed by atoms with van der Waals surface area (Å²) in [5, 5.41) is 12.8. The highest BCUT2D eigenvalue weighted by Gasteiger charge is 2.12. The van der Waals surface area contributed by atoms with Crippen molar-refractivity contribution in [2.24, 2.45) is 0 Å². The third-order valence-electron chi connectivity index (χ3n) is 3.44. The molecule has 0 aliphatic heterocycles. The number of rotatable bonds is 2. The molecule has 0 saturated carbocycles. The fourth-order valence-electron chi connectivity index (χ4n) is 2.33. The van der Waals surface area contributed by atoms with E-state index in [2.05, 4.69) is 21.2 Å². The molecule has 0 bridgehead atoms. The molecule has 6 nitrogen and oxygen atoms in total. The first-order valence-corrected chi connectivity index (χ1v) is 6.95. The molecule has 4 aromatic rings. The van der Waals surface area contributed by atoms with Crippen LogP contribution in [0.25, 0.3) is 33.9 Å². The Morgan fingerprint density at radius 3 is 2.57 bits per heavy atom. The average molecular weight is 302 g/mol. The normalized spacial score (nSPS) is 10.8. The van der Waals surface area contributed by atoms with Crippen molar-refractivity contribution < 1.29 is 8.94 Å². The van der Waals surface area contributed by atoms with Crippen molar-refractivity contribution in [2.45, 2.75) is 6.92 Å². The van der Waals surface area contributed by atoms with Crippen molar-refractivity contribution in [1.82, 2.24) is 15.1 Å². The number of nitrogens with zero attached hydrogens (tertiary/aromatic N) is 4. The number of aromatic nitrogens is 3. The molecule has 0 spiro atoms. The Morgan fingerprint density at radius 2 is 1.78 bits per heavy atom. The number of benzene rings is 2. The van der Waals surface area contributed by atoms with E-state index in [1.807, 2.05) is 18.2 Å². The van der Waals surface area contributed by atoms with Crippen molar-refractivity contribution >= 4 is 11.1 Å². The zero-order valence-corrected chi connectivity index (χ0v) is 12.1. The second-order valence-electron chi connectivity index (χ2n) is 5.03. The third-order valence-corrected chi connectivity index (χ3v) is 3.44. The summed E-state index contributed by atoms with van der Waals surface area (Å²) in [6, 6.07) is 14.6. The Bertz CT molecular complexity index is 1040. The van der Waals surface area contributed by atoms with Gasteiger partial charge in [0.15, 0.2) is 11.5 Å². The molecular formula is C17H10N4O2. The molecule has 6 heteroatoms. The van der Waals surface area contributed by atoms with Crippen LogP contribution in [0.2, 0.25) is 0 Å². The van der Waals surface area contributed by atoms with E-state index in [-0.39, 0.29) is 0 Å². The van der Waals surface area contributed by atoms with Crippen molar-refractivity contribution in [3.8, 4) is 28.9 Å². The molecule has 2 heterocycles. The van der Waals surface area contributed by atoms with Gasteiger partial charge in [0.1, 0.15) is 5.52 Å². The van der Waals surface area contributed by atoms with E-state index in [9.17, 15) is 0 Å². The van der Waals surface area contributed by atoms with E-state index < -0.39 is 0 Å². The molecule has 2 aromatic heterocycles. The number of fused-ring (bicyclic) bond motifs is 1. The summed E-state index contributed by atoms with van der Waals surface area (Å²) in [6.45, 7) is 1.80. The molecule has 110 valence electrons. The highest BCUT2D eigenvalue weighted by molar-refractivity contribution is 5.78. The van der Waals surface area contributed by atoms with E-state index >= 15 is 0 Å². The minimum atomic E-state index is 0.404. The van der Waals surface area contributed by atoms with Gasteiger partial charge in [-0.2, -0.15) is 10.2 Å². The maximum absolute atomic E-state index is 8.83. The Morgan fingerprint density at radius 1 is 1.00 bits per heavy atom. The van der Waals surface area contributed by atoms with Crippen LogP contribution in [0.5, 0.6) is 0 Å². The number of aryl methyl sites for hydroxylation is 1. The van der Waals surface area contributed by atoms with E-state index in [0.29, 0.717) is 23.2 Å². The molecule has 0 N–H and O–H groups in total. The highest BCUT2D eigenvalue weighted by atomic mass is 16.5. The first-order chi connectivity index (χ1) is 11.2. The monoisotopic (exact) mass is 302 g/mol. The lowest BCUT2D eigenvalue weighted by atomic mass is 10.1. The fraction of sp³-hybridized carbons (Fsp3) is 0.0588. The van der Waals surface area contributed by atoms with Crippen LogP contribution < -0.4 is 0 Å². The van der Waals surface area contributed by atoms with Gasteiger partial charge >= 0.3 is 0 Å². The van der Waals surface area contributed by atoms with Gasteiger partial charge in [-0.15, -0.1) is 0 Å². The molecule has 0 fully saturated rings. The summed E-state index contributed by atoms with van der Waals surface area (Å²) < 4.78 is 10.8. The van der Waals surface area contributed by atoms with E-state index in [0.717, 1.165) is 22.2 Å². The molecule has 0 aliphatic carbocycles. The summed E-state index contributed by atoms with van der Waals surface area (Å²) in [6.07, 6.45) is 0. The predicted octanol–water partition coefficient (Wildman–Crippen LogP) is 3.72. The summed E-state index contributed by atoms with van der Waals surface area (Å²) in [4.78, 5) is 8.70. The molecule has 0 unspecified atom stereocenters. The van der Waals surface area contributed by atoms with Gasteiger partial charge in [-0.25, -0.2) is 4.98 Å². The smallest absolute Gasteiger partial charge is 0.258 e. The average Bonchev–Trinajstić information content (AvgIpc) is 3.19. The van der Waals surface area contributed by atoms with Crippen molar-refractivity contribution in [3.05, 3.63) is 53.9 Å². The Labute approximate surface area is 131 Å². The first kappa shape index (κ1) is 13.2. The Hall–Kier alpha value is -3.46. The molecule has 2 aromatic carbocycles. The van der Waals surface area contributed by atoms with Gasteiger partial charge in [0.05, 0.1) is 11.6 Å². The zero-order valence-electron chi connectivity index (χ0n) is 12.1. The van der Waals surface area contributed by atoms with Crippen LogP contribution in [0.3, 0.4) is 0 Å². The maximum atomic E-state index is 8.83. The predicted molar refractivity (Wildman–Crippen MR) is 82.2 cm³/mol. The summed E-state index contributed by atoms with van der Waals surface area (Å²) in [7, 11) is 0. The Balaban J connectivity index is 1.71. The lowest BCUT2D eigenvalue weighted by Crippen LogP contribution is -1.82. The van der Waals surface area contributed by atoms with Crippen molar-refractivity contribution in [3.63, 3.8) is 0 Å². The number of hydrogen-bond acceptors (Lipinski definition) is 6. The first-order valence-electron chi connectivity index (χ1n) is 6.95. The van der Waals surface area contributed by atoms with Crippen LogP contribution in [-0.2, 0) is 0 Å². The summed E-state index contributed by atoms with van der Waals surface area (Å²) >= 11 is 0. The minimum absolute atomic E-state index is 0.404.